The van der Waals surface area contributed by atoms with E-state index in [1.54, 1.807) is 0 Å². The highest BCUT2D eigenvalue weighted by Crippen LogP contribution is 2.38. The van der Waals surface area contributed by atoms with Crippen molar-refractivity contribution in [1.82, 2.24) is 9.55 Å². The van der Waals surface area contributed by atoms with E-state index in [2.05, 4.69) is 19.7 Å². The van der Waals surface area contributed by atoms with Crippen molar-refractivity contribution in [2.45, 2.75) is 24.4 Å². The van der Waals surface area contributed by atoms with E-state index in [0.29, 0.717) is 0 Å². The number of phosphoric ester groups is 1. The lowest BCUT2D eigenvalue weighted by molar-refractivity contribution is -0.0542. The number of aliphatic hydroxyl groups is 2. The predicted molar refractivity (Wildman–Crippen MR) is 66.8 cm³/mol. The number of rotatable bonds is 7. The average molecular weight is 335 g/mol. The van der Waals surface area contributed by atoms with Crippen LogP contribution in [-0.2, 0) is 13.8 Å². The molecular formula is C9H14N3O8P. The van der Waals surface area contributed by atoms with Gasteiger partial charge in [0, 0.05) is 6.17 Å². The van der Waals surface area contributed by atoms with E-state index in [1.807, 2.05) is 0 Å². The van der Waals surface area contributed by atoms with Crippen LogP contribution >= 0.6 is 7.82 Å². The van der Waals surface area contributed by atoms with Crippen molar-refractivity contribution >= 4 is 13.6 Å². The summed E-state index contributed by atoms with van der Waals surface area (Å²) in [7, 11) is -5.84. The summed E-state index contributed by atoms with van der Waals surface area (Å²) in [5.74, 6) is -1.06. The molecule has 0 amide bonds. The minimum atomic E-state index is -5.84. The lowest BCUT2D eigenvalue weighted by Crippen LogP contribution is -2.36. The van der Waals surface area contributed by atoms with Gasteiger partial charge in [-0.2, -0.15) is 4.98 Å². The standard InChI is InChI=1S/C9H14N3O8P/c10-5-1-2-12(9(15)11-5)8-7(14)6(13)4(20-8)3-19-21(16,17)18/h1-2,4,6-8,13-14H,3H2,(H2,10,11,15)(H2,16,17,18)/t4-,6-,7?,8-/m1/s1/i1D,2D,3D2,4D,6D,7D,8D,13D,14D/hD2. The molecular weight excluding hydrogens is 309 g/mol. The Kier molecular flexibility index (Phi) is 1.78. The molecule has 0 radical (unpaired) electrons. The van der Waals surface area contributed by atoms with Gasteiger partial charge in [0.2, 0.25) is 2.86 Å². The number of ether oxygens (including phenoxy) is 1. The van der Waals surface area contributed by atoms with E-state index >= 15 is 0 Å². The third kappa shape index (κ3) is 3.66. The third-order valence-electron chi connectivity index (χ3n) is 1.94. The van der Waals surface area contributed by atoms with Crippen LogP contribution in [0.4, 0.5) is 5.82 Å². The van der Waals surface area contributed by atoms with Crippen molar-refractivity contribution in [3.05, 3.63) is 22.7 Å². The zero-order valence-electron chi connectivity index (χ0n) is 21.6. The lowest BCUT2D eigenvalue weighted by Gasteiger charge is -2.16. The minimum Gasteiger partial charge on any atom is -0.387 e. The van der Waals surface area contributed by atoms with E-state index in [0.717, 1.165) is 0 Å². The van der Waals surface area contributed by atoms with Gasteiger partial charge in [-0.1, -0.05) is 0 Å². The van der Waals surface area contributed by atoms with E-state index in [-0.39, 0.29) is 5.72 Å². The van der Waals surface area contributed by atoms with E-state index < -0.39 is 67.1 Å². The summed E-state index contributed by atoms with van der Waals surface area (Å²) in [5.41, 5.74) is -2.22. The SMILES string of the molecule is [2H]OC1([2H])[C@]([2H])(n2c([2H])c([2H])c(N([2H])[2H])nc2=O)O[C@]([2H])(C([2H])([2H])OP(=O)(O)O)[C@@]1([2H])O[2H]. The van der Waals surface area contributed by atoms with Crippen LogP contribution in [0.25, 0.3) is 0 Å². The maximum atomic E-state index is 12.5. The largest absolute Gasteiger partial charge is 0.469 e. The van der Waals surface area contributed by atoms with Crippen molar-refractivity contribution < 1.29 is 47.6 Å². The van der Waals surface area contributed by atoms with Crippen LogP contribution in [0.5, 0.6) is 0 Å². The molecule has 1 aliphatic heterocycles. The first-order valence-corrected chi connectivity index (χ1v) is 6.36. The zero-order valence-corrected chi connectivity index (χ0v) is 10.5. The van der Waals surface area contributed by atoms with Crippen LogP contribution in [0.15, 0.2) is 17.0 Å². The van der Waals surface area contributed by atoms with E-state index in [9.17, 15) is 9.36 Å². The van der Waals surface area contributed by atoms with Gasteiger partial charge in [0.05, 0.1) is 17.5 Å². The van der Waals surface area contributed by atoms with Gasteiger partial charge < -0.3 is 30.5 Å². The van der Waals surface area contributed by atoms with Gasteiger partial charge in [0.25, 0.3) is 0 Å². The summed E-state index contributed by atoms with van der Waals surface area (Å²) in [6.07, 6.45) is -17.7. The van der Waals surface area contributed by atoms with Gasteiger partial charge in [0.1, 0.15) is 24.1 Å². The van der Waals surface area contributed by atoms with Gasteiger partial charge >= 0.3 is 13.5 Å². The number of anilines is 1. The predicted octanol–water partition coefficient (Wildman–Crippen LogP) is -2.45. The Bertz CT molecular complexity index is 1060. The number of aromatic nitrogens is 2. The molecule has 1 unspecified atom stereocenters. The van der Waals surface area contributed by atoms with Crippen LogP contribution in [0.3, 0.4) is 0 Å². The first kappa shape index (κ1) is 6.42. The van der Waals surface area contributed by atoms with Gasteiger partial charge in [0.15, 0.2) is 9.03 Å². The van der Waals surface area contributed by atoms with Crippen molar-refractivity contribution in [3.63, 3.8) is 0 Å². The molecule has 0 saturated carbocycles. The quantitative estimate of drug-likeness (QED) is 0.336. The van der Waals surface area contributed by atoms with Gasteiger partial charge in [-0.05, 0) is 6.04 Å². The number of nitrogens with zero attached hydrogens (tertiary/aromatic N) is 2. The highest BCUT2D eigenvalue weighted by Gasteiger charge is 2.44. The highest BCUT2D eigenvalue weighted by molar-refractivity contribution is 7.46. The minimum absolute atomic E-state index is 0.365. The molecule has 0 bridgehead atoms. The van der Waals surface area contributed by atoms with Crippen LogP contribution < -0.4 is 11.4 Å². The highest BCUT2D eigenvalue weighted by atomic mass is 31.2. The second kappa shape index (κ2) is 5.81. The number of phosphoric acid groups is 1. The summed E-state index contributed by atoms with van der Waals surface area (Å²) in [4.78, 5) is 33.5. The molecule has 2 rings (SSSR count). The van der Waals surface area contributed by atoms with E-state index in [1.165, 1.54) is 0 Å². The fourth-order valence-electron chi connectivity index (χ4n) is 1.16. The van der Waals surface area contributed by atoms with Crippen molar-refractivity contribution in [2.24, 2.45) is 0 Å². The Hall–Kier alpha value is -1.33. The maximum Gasteiger partial charge on any atom is 0.469 e. The molecule has 0 aliphatic carbocycles. The number of hydrogen-bond donors (Lipinski definition) is 5. The van der Waals surface area contributed by atoms with Crippen molar-refractivity contribution in [2.75, 3.05) is 12.3 Å². The maximum absolute atomic E-state index is 12.5. The smallest absolute Gasteiger partial charge is 0.387 e. The Balaban J connectivity index is 2.96. The Morgan fingerprint density at radius 3 is 3.10 bits per heavy atom. The number of nitrogens with two attached hydrogens (primary N) is 1. The molecule has 21 heavy (non-hydrogen) atoms. The molecule has 2 heterocycles. The van der Waals surface area contributed by atoms with Gasteiger partial charge in [-0.3, -0.25) is 9.09 Å². The normalized spacial score (nSPS) is 52.3. The number of nitrogen functional groups attached to an aromatic ring is 1. The molecule has 4 atom stereocenters. The Morgan fingerprint density at radius 1 is 1.71 bits per heavy atom. The Morgan fingerprint density at radius 2 is 2.48 bits per heavy atom. The second-order valence-electron chi connectivity index (χ2n) is 3.37. The molecule has 1 saturated heterocycles. The molecule has 6 N–H and O–H groups in total. The van der Waals surface area contributed by atoms with Gasteiger partial charge in [-0.25, -0.2) is 9.36 Å². The third-order valence-corrected chi connectivity index (χ3v) is 2.27. The van der Waals surface area contributed by atoms with Crippen LogP contribution in [0, 0.1) is 0 Å². The fourth-order valence-corrected chi connectivity index (χ4v) is 1.37. The molecule has 1 fully saturated rings. The first-order chi connectivity index (χ1) is 14.7. The van der Waals surface area contributed by atoms with Crippen LogP contribution in [0.2, 0.25) is 2.82 Å². The monoisotopic (exact) mass is 335 g/mol. The summed E-state index contributed by atoms with van der Waals surface area (Å²) >= 11 is 0. The summed E-state index contributed by atoms with van der Waals surface area (Å²) in [6.45, 7) is -4.22. The molecule has 1 aromatic heterocycles. The molecule has 118 valence electrons. The number of hydrogen-bond acceptors (Lipinski definition) is 8. The van der Waals surface area contributed by atoms with Crippen LogP contribution in [-0.4, -0.2) is 57.2 Å². The second-order valence-corrected chi connectivity index (χ2v) is 4.53. The molecule has 1 aromatic rings. The average Bonchev–Trinajstić information content (AvgIpc) is 2.80. The van der Waals surface area contributed by atoms with E-state index in [4.69, 9.17) is 31.2 Å². The summed E-state index contributed by atoms with van der Waals surface area (Å²) in [5, 5.41) is 7.82. The first-order valence-electron chi connectivity index (χ1n) is 10.5. The molecule has 12 heteroatoms. The molecule has 1 aliphatic rings. The fraction of sp³-hybridized carbons (Fsp3) is 0.556. The van der Waals surface area contributed by atoms with Crippen molar-refractivity contribution in [1.29, 1.82) is 2.86 Å². The topological polar surface area (TPSA) is 177 Å². The van der Waals surface area contributed by atoms with Gasteiger partial charge in [-0.15, -0.1) is 0 Å². The Labute approximate surface area is 135 Å². The lowest BCUT2D eigenvalue weighted by atomic mass is 10.1. The zero-order chi connectivity index (χ0) is 26.0. The summed E-state index contributed by atoms with van der Waals surface area (Å²) in [6, 6.07) is -1.22. The van der Waals surface area contributed by atoms with Crippen LogP contribution in [0.1, 0.15) is 17.2 Å². The molecule has 11 nitrogen and oxygen atoms in total. The molecule has 0 aromatic carbocycles. The summed E-state index contributed by atoms with van der Waals surface area (Å²) < 4.78 is 112. The molecule has 0 spiro atoms. The van der Waals surface area contributed by atoms with Crippen molar-refractivity contribution in [3.8, 4) is 0 Å².